The van der Waals surface area contributed by atoms with E-state index in [2.05, 4.69) is 32.9 Å². The van der Waals surface area contributed by atoms with E-state index < -0.39 is 0 Å². The van der Waals surface area contributed by atoms with Gasteiger partial charge in [0.15, 0.2) is 5.78 Å². The van der Waals surface area contributed by atoms with Crippen molar-refractivity contribution in [3.8, 4) is 5.75 Å². The number of amides is 1. The zero-order valence-corrected chi connectivity index (χ0v) is 20.4. The van der Waals surface area contributed by atoms with Crippen LogP contribution in [0.2, 0.25) is 0 Å². The van der Waals surface area contributed by atoms with Crippen LogP contribution in [-0.4, -0.2) is 47.6 Å². The first-order chi connectivity index (χ1) is 16.2. The molecule has 1 aromatic heterocycles. The van der Waals surface area contributed by atoms with Crippen LogP contribution in [0.4, 0.5) is 5.69 Å². The highest BCUT2D eigenvalue weighted by Gasteiger charge is 2.33. The smallest absolute Gasteiger partial charge is 0.227 e. The average molecular weight is 461 g/mol. The largest absolute Gasteiger partial charge is 0.494 e. The van der Waals surface area contributed by atoms with Crippen LogP contribution >= 0.6 is 0 Å². The predicted octanol–water partition coefficient (Wildman–Crippen LogP) is 4.42. The molecule has 0 spiro atoms. The summed E-state index contributed by atoms with van der Waals surface area (Å²) in [6, 6.07) is 7.79. The quantitative estimate of drug-likeness (QED) is 0.645. The van der Waals surface area contributed by atoms with Crippen LogP contribution in [0.1, 0.15) is 85.2 Å². The van der Waals surface area contributed by atoms with Crippen molar-refractivity contribution < 1.29 is 14.3 Å². The third-order valence-corrected chi connectivity index (χ3v) is 7.00. The molecule has 1 aromatic carbocycles. The summed E-state index contributed by atoms with van der Waals surface area (Å²) in [5.41, 5.74) is 4.57. The number of pyridine rings is 1. The number of nitrogens with one attached hydrogen (secondary N) is 1. The summed E-state index contributed by atoms with van der Waals surface area (Å²) in [5.74, 6) is 1.46. The maximum absolute atomic E-state index is 13.5. The lowest BCUT2D eigenvalue weighted by atomic mass is 9.84. The number of Topliss-reactive ketones (excluding diaryl/α,β-unsaturated/α-hetero) is 1. The summed E-state index contributed by atoms with van der Waals surface area (Å²) in [6.07, 6.45) is 3.63. The first kappa shape index (κ1) is 22.6. The van der Waals surface area contributed by atoms with Gasteiger partial charge in [-0.05, 0) is 42.9 Å². The minimum Gasteiger partial charge on any atom is -0.494 e. The zero-order chi connectivity index (χ0) is 24.2. The SMILES string of the molecule is COc1c(N2CCCC2=O)cc(C(=O)CN2Cc3ccc(C4CC4)nc3C2=N)cc1C(C)(C)C. The molecule has 1 amide bonds. The number of nitrogens with zero attached hydrogens (tertiary/aromatic N) is 3. The van der Waals surface area contributed by atoms with Gasteiger partial charge in [-0.25, -0.2) is 4.98 Å². The van der Waals surface area contributed by atoms with Crippen LogP contribution in [0.25, 0.3) is 0 Å². The van der Waals surface area contributed by atoms with Gasteiger partial charge in [-0.15, -0.1) is 0 Å². The standard InChI is InChI=1S/C27H32N4O3/c1-27(2,3)19-12-18(13-21(25(19)34-4)31-11-5-6-23(31)33)22(32)15-30-14-17-9-10-20(16-7-8-16)29-24(17)26(30)28/h9-10,12-13,16,28H,5-8,11,14-15H2,1-4H3. The summed E-state index contributed by atoms with van der Waals surface area (Å²) < 4.78 is 5.77. The molecule has 0 unspecified atom stereocenters. The number of ketones is 1. The van der Waals surface area contributed by atoms with E-state index in [0.717, 1.165) is 36.1 Å². The van der Waals surface area contributed by atoms with E-state index in [1.54, 1.807) is 23.0 Å². The number of fused-ring (bicyclic) bond motifs is 1. The molecule has 5 rings (SSSR count). The molecule has 2 fully saturated rings. The van der Waals surface area contributed by atoms with Crippen molar-refractivity contribution in [1.29, 1.82) is 5.41 Å². The van der Waals surface area contributed by atoms with E-state index in [9.17, 15) is 9.59 Å². The molecule has 7 heteroatoms. The van der Waals surface area contributed by atoms with Crippen LogP contribution in [-0.2, 0) is 16.8 Å². The molecule has 2 aliphatic heterocycles. The number of ether oxygens (including phenoxy) is 1. The third-order valence-electron chi connectivity index (χ3n) is 7.00. The maximum Gasteiger partial charge on any atom is 0.227 e. The molecule has 1 N–H and O–H groups in total. The van der Waals surface area contributed by atoms with Gasteiger partial charge in [-0.2, -0.15) is 0 Å². The topological polar surface area (TPSA) is 86.6 Å². The third kappa shape index (κ3) is 3.97. The second kappa shape index (κ2) is 8.22. The molecular weight excluding hydrogens is 428 g/mol. The molecule has 1 aliphatic carbocycles. The van der Waals surface area contributed by atoms with Gasteiger partial charge in [0.1, 0.15) is 17.3 Å². The Hall–Kier alpha value is -3.22. The fourth-order valence-electron chi connectivity index (χ4n) is 4.93. The van der Waals surface area contributed by atoms with E-state index in [-0.39, 0.29) is 23.7 Å². The predicted molar refractivity (Wildman–Crippen MR) is 131 cm³/mol. The molecule has 1 saturated heterocycles. The van der Waals surface area contributed by atoms with Crippen LogP contribution < -0.4 is 9.64 Å². The Kier molecular flexibility index (Phi) is 5.46. The van der Waals surface area contributed by atoms with Crippen LogP contribution in [0.5, 0.6) is 5.75 Å². The molecule has 3 heterocycles. The van der Waals surface area contributed by atoms with Crippen molar-refractivity contribution in [3.05, 3.63) is 52.3 Å². The second-order valence-electron chi connectivity index (χ2n) is 10.6. The Labute approximate surface area is 200 Å². The summed E-state index contributed by atoms with van der Waals surface area (Å²) in [4.78, 5) is 34.3. The molecule has 178 valence electrons. The number of benzene rings is 1. The van der Waals surface area contributed by atoms with Crippen molar-refractivity contribution >= 4 is 23.2 Å². The fourth-order valence-corrected chi connectivity index (χ4v) is 4.93. The fraction of sp³-hybridized carbons (Fsp3) is 0.481. The van der Waals surface area contributed by atoms with E-state index in [4.69, 9.17) is 15.1 Å². The Morgan fingerprint density at radius 2 is 2.00 bits per heavy atom. The average Bonchev–Trinajstić information content (AvgIpc) is 3.50. The Balaban J connectivity index is 1.45. The van der Waals surface area contributed by atoms with E-state index in [1.807, 2.05) is 6.07 Å². The summed E-state index contributed by atoms with van der Waals surface area (Å²) in [7, 11) is 1.61. The van der Waals surface area contributed by atoms with Gasteiger partial charge in [0.05, 0.1) is 19.3 Å². The van der Waals surface area contributed by atoms with Crippen LogP contribution in [0, 0.1) is 5.41 Å². The number of aromatic nitrogens is 1. The molecular formula is C27H32N4O3. The van der Waals surface area contributed by atoms with Gasteiger partial charge >= 0.3 is 0 Å². The molecule has 2 aromatic rings. The number of carbonyl (C=O) groups is 2. The first-order valence-corrected chi connectivity index (χ1v) is 12.1. The summed E-state index contributed by atoms with van der Waals surface area (Å²) >= 11 is 0. The van der Waals surface area contributed by atoms with Gasteiger partial charge in [0.2, 0.25) is 5.91 Å². The Morgan fingerprint density at radius 3 is 2.62 bits per heavy atom. The number of rotatable bonds is 6. The van der Waals surface area contributed by atoms with Crippen LogP contribution in [0.15, 0.2) is 24.3 Å². The van der Waals surface area contributed by atoms with Gasteiger partial charge < -0.3 is 14.5 Å². The molecule has 0 atom stereocenters. The van der Waals surface area contributed by atoms with Crippen molar-refractivity contribution in [2.75, 3.05) is 25.1 Å². The second-order valence-corrected chi connectivity index (χ2v) is 10.6. The van der Waals surface area contributed by atoms with Gasteiger partial charge in [-0.1, -0.05) is 26.8 Å². The molecule has 7 nitrogen and oxygen atoms in total. The molecule has 1 saturated carbocycles. The lowest BCUT2D eigenvalue weighted by Crippen LogP contribution is -2.31. The van der Waals surface area contributed by atoms with Crippen LogP contribution in [0.3, 0.4) is 0 Å². The van der Waals surface area contributed by atoms with Crippen molar-refractivity contribution in [2.24, 2.45) is 0 Å². The van der Waals surface area contributed by atoms with Crippen molar-refractivity contribution in [1.82, 2.24) is 9.88 Å². The van der Waals surface area contributed by atoms with E-state index >= 15 is 0 Å². The van der Waals surface area contributed by atoms with Gasteiger partial charge in [-0.3, -0.25) is 15.0 Å². The highest BCUT2D eigenvalue weighted by molar-refractivity contribution is 6.06. The highest BCUT2D eigenvalue weighted by Crippen LogP contribution is 2.42. The molecule has 3 aliphatic rings. The lowest BCUT2D eigenvalue weighted by molar-refractivity contribution is -0.117. The number of anilines is 1. The molecule has 0 radical (unpaired) electrons. The molecule has 34 heavy (non-hydrogen) atoms. The van der Waals surface area contributed by atoms with Gasteiger partial charge in [0, 0.05) is 47.8 Å². The minimum absolute atomic E-state index is 0.0528. The normalized spacial score (nSPS) is 18.0. The zero-order valence-electron chi connectivity index (χ0n) is 20.4. The number of amidine groups is 1. The van der Waals surface area contributed by atoms with Crippen molar-refractivity contribution in [3.63, 3.8) is 0 Å². The first-order valence-electron chi connectivity index (χ1n) is 12.1. The lowest BCUT2D eigenvalue weighted by Gasteiger charge is -2.28. The monoisotopic (exact) mass is 460 g/mol. The number of hydrogen-bond acceptors (Lipinski definition) is 5. The van der Waals surface area contributed by atoms with Crippen molar-refractivity contribution in [2.45, 2.75) is 64.3 Å². The Morgan fingerprint density at radius 1 is 1.24 bits per heavy atom. The highest BCUT2D eigenvalue weighted by atomic mass is 16.5. The van der Waals surface area contributed by atoms with E-state index in [0.29, 0.717) is 54.0 Å². The number of methoxy groups -OCH3 is 1. The maximum atomic E-state index is 13.5. The minimum atomic E-state index is -0.279. The number of carbonyl (C=O) groups excluding carboxylic acids is 2. The van der Waals surface area contributed by atoms with Gasteiger partial charge in [0.25, 0.3) is 0 Å². The Bertz CT molecular complexity index is 1190. The molecule has 0 bridgehead atoms. The number of hydrogen-bond donors (Lipinski definition) is 1. The summed E-state index contributed by atoms with van der Waals surface area (Å²) in [5, 5.41) is 8.65. The van der Waals surface area contributed by atoms with E-state index in [1.165, 1.54) is 0 Å². The summed E-state index contributed by atoms with van der Waals surface area (Å²) in [6.45, 7) is 7.45.